The minimum Gasteiger partial charge on any atom is -0.326 e. The Kier molecular flexibility index (Phi) is 6.85. The molecule has 0 aromatic heterocycles. The molecule has 2 rings (SSSR count). The van der Waals surface area contributed by atoms with Crippen LogP contribution in [0.3, 0.4) is 0 Å². The van der Waals surface area contributed by atoms with Crippen LogP contribution in [0.25, 0.3) is 0 Å². The highest BCUT2D eigenvalue weighted by Gasteiger charge is 2.23. The third-order valence-corrected chi connectivity index (χ3v) is 5.33. The maximum atomic E-state index is 12.7. The van der Waals surface area contributed by atoms with Gasteiger partial charge in [0.25, 0.3) is 0 Å². The van der Waals surface area contributed by atoms with E-state index in [1.54, 1.807) is 0 Å². The minimum atomic E-state index is 0.163. The van der Waals surface area contributed by atoms with Crippen LogP contribution in [0.1, 0.15) is 76.8 Å². The number of piperidine rings is 1. The summed E-state index contributed by atoms with van der Waals surface area (Å²) in [6.45, 7) is 13.2. The Bertz CT molecular complexity index is 519. The van der Waals surface area contributed by atoms with Crippen molar-refractivity contribution in [3.63, 3.8) is 0 Å². The van der Waals surface area contributed by atoms with Crippen molar-refractivity contribution in [1.29, 1.82) is 0 Å². The van der Waals surface area contributed by atoms with Crippen LogP contribution in [0.15, 0.2) is 18.2 Å². The van der Waals surface area contributed by atoms with Crippen molar-refractivity contribution in [3.8, 4) is 0 Å². The zero-order valence-corrected chi connectivity index (χ0v) is 16.0. The Morgan fingerprint density at radius 2 is 1.62 bits per heavy atom. The summed E-state index contributed by atoms with van der Waals surface area (Å²) in [5, 5.41) is 6.66. The molecule has 1 fully saturated rings. The minimum absolute atomic E-state index is 0.163. The van der Waals surface area contributed by atoms with E-state index in [0.29, 0.717) is 30.1 Å². The van der Waals surface area contributed by atoms with Gasteiger partial charge in [0.1, 0.15) is 0 Å². The largest absolute Gasteiger partial charge is 0.326 e. The number of carbonyl (C=O) groups excluding carboxylic acids is 1. The number of para-hydroxylation sites is 1. The summed E-state index contributed by atoms with van der Waals surface area (Å²) in [6, 6.07) is 6.39. The average Bonchev–Trinajstić information content (AvgIpc) is 2.55. The first-order valence-corrected chi connectivity index (χ1v) is 9.53. The molecule has 1 unspecified atom stereocenters. The van der Waals surface area contributed by atoms with Gasteiger partial charge < -0.3 is 10.6 Å². The first-order valence-electron chi connectivity index (χ1n) is 9.53. The fourth-order valence-electron chi connectivity index (χ4n) is 3.76. The topological polar surface area (TPSA) is 41.1 Å². The van der Waals surface area contributed by atoms with Gasteiger partial charge in [-0.15, -0.1) is 0 Å². The van der Waals surface area contributed by atoms with Gasteiger partial charge >= 0.3 is 0 Å². The molecule has 24 heavy (non-hydrogen) atoms. The number of hydrogen-bond donors (Lipinski definition) is 2. The number of carbonyl (C=O) groups is 1. The number of amides is 1. The van der Waals surface area contributed by atoms with Gasteiger partial charge in [-0.05, 0) is 60.7 Å². The SMILES string of the molecule is CC(C)c1cccc(C(C)C)c1NC(=O)CC(C)C1CCNCC1. The summed E-state index contributed by atoms with van der Waals surface area (Å²) < 4.78 is 0. The molecule has 1 heterocycles. The van der Waals surface area contributed by atoms with Crippen molar-refractivity contribution in [2.75, 3.05) is 18.4 Å². The molecule has 1 aliphatic heterocycles. The molecule has 1 aromatic carbocycles. The predicted molar refractivity (Wildman–Crippen MR) is 103 cm³/mol. The van der Waals surface area contributed by atoms with Crippen LogP contribution in [0.4, 0.5) is 5.69 Å². The van der Waals surface area contributed by atoms with E-state index in [1.807, 2.05) is 0 Å². The number of anilines is 1. The van der Waals surface area contributed by atoms with Crippen LogP contribution in [0, 0.1) is 11.8 Å². The zero-order valence-electron chi connectivity index (χ0n) is 16.0. The molecule has 134 valence electrons. The van der Waals surface area contributed by atoms with Gasteiger partial charge in [0, 0.05) is 12.1 Å². The van der Waals surface area contributed by atoms with Crippen LogP contribution in [-0.4, -0.2) is 19.0 Å². The third-order valence-electron chi connectivity index (χ3n) is 5.33. The normalized spacial score (nSPS) is 17.3. The zero-order chi connectivity index (χ0) is 17.7. The van der Waals surface area contributed by atoms with E-state index in [2.05, 4.69) is 63.5 Å². The van der Waals surface area contributed by atoms with Gasteiger partial charge in [0.15, 0.2) is 0 Å². The lowest BCUT2D eigenvalue weighted by Crippen LogP contribution is -2.32. The van der Waals surface area contributed by atoms with Gasteiger partial charge in [-0.25, -0.2) is 0 Å². The smallest absolute Gasteiger partial charge is 0.224 e. The molecule has 2 N–H and O–H groups in total. The summed E-state index contributed by atoms with van der Waals surface area (Å²) >= 11 is 0. The molecule has 0 bridgehead atoms. The summed E-state index contributed by atoms with van der Waals surface area (Å²) in [4.78, 5) is 12.7. The molecule has 1 atom stereocenters. The van der Waals surface area contributed by atoms with E-state index in [4.69, 9.17) is 0 Å². The highest BCUT2D eigenvalue weighted by molar-refractivity contribution is 5.92. The fraction of sp³-hybridized carbons (Fsp3) is 0.667. The van der Waals surface area contributed by atoms with Gasteiger partial charge in [-0.1, -0.05) is 52.8 Å². The molecule has 0 aliphatic carbocycles. The van der Waals surface area contributed by atoms with E-state index >= 15 is 0 Å². The second kappa shape index (κ2) is 8.66. The Hall–Kier alpha value is -1.35. The molecule has 0 radical (unpaired) electrons. The maximum absolute atomic E-state index is 12.7. The first-order chi connectivity index (χ1) is 11.4. The second-order valence-corrected chi connectivity index (χ2v) is 7.94. The summed E-state index contributed by atoms with van der Waals surface area (Å²) in [7, 11) is 0. The van der Waals surface area contributed by atoms with E-state index < -0.39 is 0 Å². The van der Waals surface area contributed by atoms with Crippen molar-refractivity contribution >= 4 is 11.6 Å². The number of hydrogen-bond acceptors (Lipinski definition) is 2. The monoisotopic (exact) mass is 330 g/mol. The van der Waals surface area contributed by atoms with Crippen molar-refractivity contribution in [2.24, 2.45) is 11.8 Å². The van der Waals surface area contributed by atoms with Crippen molar-refractivity contribution < 1.29 is 4.79 Å². The molecular formula is C21H34N2O. The Morgan fingerprint density at radius 1 is 1.08 bits per heavy atom. The predicted octanol–water partition coefficient (Wildman–Crippen LogP) is 4.90. The number of rotatable bonds is 6. The fourth-order valence-corrected chi connectivity index (χ4v) is 3.76. The summed E-state index contributed by atoms with van der Waals surface area (Å²) in [5.41, 5.74) is 3.53. The van der Waals surface area contributed by atoms with E-state index in [0.717, 1.165) is 18.8 Å². The van der Waals surface area contributed by atoms with Crippen LogP contribution in [-0.2, 0) is 4.79 Å². The summed E-state index contributed by atoms with van der Waals surface area (Å²) in [6.07, 6.45) is 3.00. The molecule has 3 heteroatoms. The quantitative estimate of drug-likeness (QED) is 0.779. The Morgan fingerprint density at radius 3 is 2.12 bits per heavy atom. The molecule has 0 spiro atoms. The molecule has 1 saturated heterocycles. The van der Waals surface area contributed by atoms with E-state index in [-0.39, 0.29) is 5.91 Å². The lowest BCUT2D eigenvalue weighted by atomic mass is 9.84. The molecule has 1 amide bonds. The molecular weight excluding hydrogens is 296 g/mol. The van der Waals surface area contributed by atoms with Crippen molar-refractivity contribution in [1.82, 2.24) is 5.32 Å². The average molecular weight is 331 g/mol. The van der Waals surface area contributed by atoms with Crippen LogP contribution in [0.5, 0.6) is 0 Å². The molecule has 1 aliphatic rings. The van der Waals surface area contributed by atoms with Crippen molar-refractivity contribution in [2.45, 2.75) is 65.7 Å². The molecule has 3 nitrogen and oxygen atoms in total. The lowest BCUT2D eigenvalue weighted by Gasteiger charge is -2.28. The second-order valence-electron chi connectivity index (χ2n) is 7.94. The van der Waals surface area contributed by atoms with Crippen LogP contribution >= 0.6 is 0 Å². The third kappa shape index (κ3) is 4.83. The van der Waals surface area contributed by atoms with Crippen LogP contribution < -0.4 is 10.6 Å². The van der Waals surface area contributed by atoms with E-state index in [1.165, 1.54) is 24.0 Å². The lowest BCUT2D eigenvalue weighted by molar-refractivity contribution is -0.117. The molecule has 1 aromatic rings. The van der Waals surface area contributed by atoms with Gasteiger partial charge in [0.05, 0.1) is 0 Å². The van der Waals surface area contributed by atoms with Crippen LogP contribution in [0.2, 0.25) is 0 Å². The highest BCUT2D eigenvalue weighted by Crippen LogP contribution is 2.33. The highest BCUT2D eigenvalue weighted by atomic mass is 16.1. The van der Waals surface area contributed by atoms with Gasteiger partial charge in [-0.2, -0.15) is 0 Å². The first kappa shape index (κ1) is 19.0. The Labute approximate surface area is 147 Å². The van der Waals surface area contributed by atoms with Gasteiger partial charge in [-0.3, -0.25) is 4.79 Å². The summed E-state index contributed by atoms with van der Waals surface area (Å²) in [5.74, 6) is 2.08. The van der Waals surface area contributed by atoms with E-state index in [9.17, 15) is 4.79 Å². The van der Waals surface area contributed by atoms with Gasteiger partial charge in [0.2, 0.25) is 5.91 Å². The Balaban J connectivity index is 2.10. The van der Waals surface area contributed by atoms with Crippen molar-refractivity contribution in [3.05, 3.63) is 29.3 Å². The standard InChI is InChI=1S/C21H34N2O/c1-14(2)18-7-6-8-19(15(3)4)21(18)23-20(24)13-16(5)17-9-11-22-12-10-17/h6-8,14-17,22H,9-13H2,1-5H3,(H,23,24). The number of benzene rings is 1. The maximum Gasteiger partial charge on any atom is 0.224 e. The molecule has 0 saturated carbocycles. The number of nitrogens with one attached hydrogen (secondary N) is 2.